The second-order valence-electron chi connectivity index (χ2n) is 5.93. The first-order valence-corrected chi connectivity index (χ1v) is 9.20. The van der Waals surface area contributed by atoms with Crippen LogP contribution in [0.25, 0.3) is 5.69 Å². The zero-order valence-corrected chi connectivity index (χ0v) is 14.6. The van der Waals surface area contributed by atoms with Gasteiger partial charge < -0.3 is 9.67 Å². The van der Waals surface area contributed by atoms with E-state index in [1.807, 2.05) is 0 Å². The van der Waals surface area contributed by atoms with Crippen LogP contribution < -0.4 is 0 Å². The molecule has 148 valence electrons. The highest BCUT2D eigenvalue weighted by Crippen LogP contribution is 2.47. The summed E-state index contributed by atoms with van der Waals surface area (Å²) in [6.07, 6.45) is -3.68. The van der Waals surface area contributed by atoms with Gasteiger partial charge in [0.15, 0.2) is 0 Å². The van der Waals surface area contributed by atoms with E-state index < -0.39 is 61.5 Å². The first kappa shape index (κ1) is 20.0. The number of aliphatic hydroxyl groups is 1. The van der Waals surface area contributed by atoms with Crippen molar-refractivity contribution < 1.29 is 39.9 Å². The van der Waals surface area contributed by atoms with E-state index in [-0.39, 0.29) is 11.4 Å². The van der Waals surface area contributed by atoms with Gasteiger partial charge in [0.05, 0.1) is 5.02 Å². The van der Waals surface area contributed by atoms with Gasteiger partial charge in [-0.2, -0.15) is 13.2 Å². The number of hydrogen-bond acceptors (Lipinski definition) is 3. The fraction of sp³-hybridized carbons (Fsp3) is 0.333. The van der Waals surface area contributed by atoms with Gasteiger partial charge >= 0.3 is 5.51 Å². The Morgan fingerprint density at radius 2 is 1.89 bits per heavy atom. The predicted molar refractivity (Wildman–Crippen MR) is 82.2 cm³/mol. The van der Waals surface area contributed by atoms with Crippen molar-refractivity contribution in [3.8, 4) is 5.69 Å². The highest BCUT2D eigenvalue weighted by molar-refractivity contribution is 7.92. The van der Waals surface area contributed by atoms with Gasteiger partial charge in [-0.05, 0) is 24.6 Å². The van der Waals surface area contributed by atoms with E-state index in [1.165, 1.54) is 0 Å². The van der Waals surface area contributed by atoms with Crippen LogP contribution in [0.5, 0.6) is 0 Å². The maximum atomic E-state index is 13.9. The lowest BCUT2D eigenvalue weighted by Crippen LogP contribution is -2.34. The third kappa shape index (κ3) is 3.11. The largest absolute Gasteiger partial charge is 0.501 e. The molecule has 0 amide bonds. The molecule has 1 aliphatic rings. The molecule has 3 rings (SSSR count). The first-order chi connectivity index (χ1) is 12.3. The molecule has 1 aromatic heterocycles. The van der Waals surface area contributed by atoms with Crippen LogP contribution in [0.15, 0.2) is 29.3 Å². The molecule has 0 radical (unpaired) electrons. The number of benzene rings is 1. The van der Waals surface area contributed by atoms with Gasteiger partial charge in [0.1, 0.15) is 16.8 Å². The molecule has 12 heteroatoms. The summed E-state index contributed by atoms with van der Waals surface area (Å²) in [4.78, 5) is -1.47. The second-order valence-corrected chi connectivity index (χ2v) is 8.25. The zero-order chi connectivity index (χ0) is 20.4. The summed E-state index contributed by atoms with van der Waals surface area (Å²) in [5.41, 5.74) is -7.08. The molecular formula is C15H10ClF6NO3S. The molecule has 0 saturated carbocycles. The van der Waals surface area contributed by atoms with Gasteiger partial charge in [0.2, 0.25) is 0 Å². The number of sulfone groups is 1. The Hall–Kier alpha value is -1.72. The Kier molecular flexibility index (Phi) is 4.56. The molecule has 2 aromatic rings. The van der Waals surface area contributed by atoms with Crippen LogP contribution in [0.1, 0.15) is 23.8 Å². The van der Waals surface area contributed by atoms with Crippen molar-refractivity contribution in [3.63, 3.8) is 0 Å². The number of nitrogens with zero attached hydrogens (tertiary/aromatic N) is 1. The minimum absolute atomic E-state index is 0.0429. The van der Waals surface area contributed by atoms with Gasteiger partial charge in [-0.15, -0.1) is 0 Å². The number of fused-ring (bicyclic) bond motifs is 1. The maximum absolute atomic E-state index is 13.9. The lowest BCUT2D eigenvalue weighted by Gasteiger charge is -2.29. The van der Waals surface area contributed by atoms with Gasteiger partial charge in [0.25, 0.3) is 15.8 Å². The van der Waals surface area contributed by atoms with E-state index in [1.54, 1.807) is 0 Å². The molecule has 4 nitrogen and oxygen atoms in total. The van der Waals surface area contributed by atoms with Crippen LogP contribution in [-0.4, -0.2) is 29.5 Å². The molecule has 0 fully saturated rings. The third-order valence-electron chi connectivity index (χ3n) is 4.26. The number of halogens is 7. The normalized spacial score (nSPS) is 19.8. The Balaban J connectivity index is 2.33. The molecule has 0 bridgehead atoms. The highest BCUT2D eigenvalue weighted by atomic mass is 35.5. The van der Waals surface area contributed by atoms with Crippen molar-refractivity contribution in [1.29, 1.82) is 0 Å². The van der Waals surface area contributed by atoms with Crippen molar-refractivity contribution in [2.24, 2.45) is 0 Å². The second kappa shape index (κ2) is 6.14. The van der Waals surface area contributed by atoms with Crippen LogP contribution in [-0.2, 0) is 16.3 Å². The number of alkyl halides is 5. The van der Waals surface area contributed by atoms with Crippen LogP contribution in [0, 0.1) is 5.82 Å². The standard InChI is InChI=1S/C15H10ClF6NO3S/c16-8-5-7(1-2-9(8)17)23-6-11(27(25,26)15(20,21)22)12-10(23)3-4-14(18,19)13(12)24/h1-2,5-6,13,24H,3-4H2. The van der Waals surface area contributed by atoms with Crippen molar-refractivity contribution in [3.05, 3.63) is 46.5 Å². The molecule has 1 unspecified atom stereocenters. The summed E-state index contributed by atoms with van der Waals surface area (Å²) >= 11 is 5.63. The number of hydrogen-bond donors (Lipinski definition) is 1. The molecule has 27 heavy (non-hydrogen) atoms. The molecule has 0 saturated heterocycles. The lowest BCUT2D eigenvalue weighted by molar-refractivity contribution is -0.123. The number of rotatable bonds is 2. The van der Waals surface area contributed by atoms with Crippen LogP contribution in [0.4, 0.5) is 26.3 Å². The van der Waals surface area contributed by atoms with E-state index in [4.69, 9.17) is 11.6 Å². The Morgan fingerprint density at radius 3 is 2.44 bits per heavy atom. The van der Waals surface area contributed by atoms with E-state index >= 15 is 0 Å². The summed E-state index contributed by atoms with van der Waals surface area (Å²) in [5.74, 6) is -4.65. The van der Waals surface area contributed by atoms with Gasteiger partial charge in [0, 0.05) is 29.6 Å². The molecule has 1 aromatic carbocycles. The number of aliphatic hydroxyl groups excluding tert-OH is 1. The van der Waals surface area contributed by atoms with Crippen molar-refractivity contribution >= 4 is 21.4 Å². The average Bonchev–Trinajstić information content (AvgIpc) is 2.93. The van der Waals surface area contributed by atoms with E-state index in [9.17, 15) is 39.9 Å². The Morgan fingerprint density at radius 1 is 1.26 bits per heavy atom. The van der Waals surface area contributed by atoms with Crippen molar-refractivity contribution in [1.82, 2.24) is 4.57 Å². The van der Waals surface area contributed by atoms with Crippen LogP contribution in [0.2, 0.25) is 5.02 Å². The summed E-state index contributed by atoms with van der Waals surface area (Å²) in [6.45, 7) is 0. The lowest BCUT2D eigenvalue weighted by atomic mass is 9.91. The van der Waals surface area contributed by atoms with Crippen LogP contribution >= 0.6 is 11.6 Å². The average molecular weight is 434 g/mol. The minimum Gasteiger partial charge on any atom is -0.382 e. The fourth-order valence-corrected chi connectivity index (χ4v) is 4.11. The van der Waals surface area contributed by atoms with Crippen LogP contribution in [0.3, 0.4) is 0 Å². The first-order valence-electron chi connectivity index (χ1n) is 7.34. The molecule has 1 aliphatic carbocycles. The number of aromatic nitrogens is 1. The highest BCUT2D eigenvalue weighted by Gasteiger charge is 2.53. The molecule has 0 spiro atoms. The summed E-state index contributed by atoms with van der Waals surface area (Å²) in [6, 6.07) is 2.97. The quantitative estimate of drug-likeness (QED) is 0.723. The summed E-state index contributed by atoms with van der Waals surface area (Å²) in [5, 5.41) is 9.47. The molecule has 1 atom stereocenters. The minimum atomic E-state index is -6.03. The molecule has 1 heterocycles. The zero-order valence-electron chi connectivity index (χ0n) is 13.1. The van der Waals surface area contributed by atoms with Crippen molar-refractivity contribution in [2.75, 3.05) is 0 Å². The van der Waals surface area contributed by atoms with E-state index in [0.717, 1.165) is 22.8 Å². The van der Waals surface area contributed by atoms with E-state index in [2.05, 4.69) is 0 Å². The maximum Gasteiger partial charge on any atom is 0.501 e. The predicted octanol–water partition coefficient (Wildman–Crippen LogP) is 4.18. The fourth-order valence-electron chi connectivity index (χ4n) is 2.92. The molecule has 1 N–H and O–H groups in total. The van der Waals surface area contributed by atoms with Gasteiger partial charge in [-0.1, -0.05) is 11.6 Å². The molecule has 0 aliphatic heterocycles. The summed E-state index contributed by atoms with van der Waals surface area (Å²) < 4.78 is 105. The van der Waals surface area contributed by atoms with Gasteiger partial charge in [-0.3, -0.25) is 0 Å². The van der Waals surface area contributed by atoms with Crippen molar-refractivity contribution in [2.45, 2.75) is 35.3 Å². The van der Waals surface area contributed by atoms with Gasteiger partial charge in [-0.25, -0.2) is 21.6 Å². The summed E-state index contributed by atoms with van der Waals surface area (Å²) in [7, 11) is -6.03. The topological polar surface area (TPSA) is 59.3 Å². The third-order valence-corrected chi connectivity index (χ3v) is 6.06. The monoisotopic (exact) mass is 433 g/mol. The Bertz CT molecular complexity index is 1020. The molecular weight excluding hydrogens is 424 g/mol. The van der Waals surface area contributed by atoms with E-state index in [0.29, 0.717) is 6.20 Å². The smallest absolute Gasteiger partial charge is 0.382 e. The SMILES string of the molecule is O=S(=O)(c1cn(-c2ccc(F)c(Cl)c2)c2c1C(O)C(F)(F)CC2)C(F)(F)F. The Labute approximate surface area is 153 Å².